The Hall–Kier alpha value is -1.62. The summed E-state index contributed by atoms with van der Waals surface area (Å²) in [6, 6.07) is 0.322. The molecule has 98 valence electrons. The van der Waals surface area contributed by atoms with Crippen molar-refractivity contribution in [3.63, 3.8) is 0 Å². The van der Waals surface area contributed by atoms with Gasteiger partial charge in [-0.1, -0.05) is 0 Å². The van der Waals surface area contributed by atoms with E-state index in [1.165, 1.54) is 11.3 Å². The third kappa shape index (κ3) is 2.61. The van der Waals surface area contributed by atoms with E-state index in [2.05, 4.69) is 40.7 Å². The lowest BCUT2D eigenvalue weighted by atomic mass is 10.1. The van der Waals surface area contributed by atoms with Gasteiger partial charge in [-0.25, -0.2) is 4.98 Å². The van der Waals surface area contributed by atoms with Gasteiger partial charge in [0.15, 0.2) is 0 Å². The maximum atomic E-state index is 4.45. The summed E-state index contributed by atoms with van der Waals surface area (Å²) in [4.78, 5) is 4.03. The molecule has 0 bridgehead atoms. The van der Waals surface area contributed by atoms with Gasteiger partial charge in [0.1, 0.15) is 0 Å². The van der Waals surface area contributed by atoms with Crippen LogP contribution in [0.25, 0.3) is 0 Å². The largest absolute Gasteiger partial charge is 0.336 e. The highest BCUT2D eigenvalue weighted by atomic mass is 15.3. The van der Waals surface area contributed by atoms with Crippen molar-refractivity contribution in [1.29, 1.82) is 0 Å². The Morgan fingerprint density at radius 2 is 2.17 bits per heavy atom. The highest BCUT2D eigenvalue weighted by molar-refractivity contribution is 5.27. The minimum atomic E-state index is 0.322. The molecule has 0 fully saturated rings. The zero-order valence-electron chi connectivity index (χ0n) is 11.5. The van der Waals surface area contributed by atoms with Gasteiger partial charge in [-0.05, 0) is 20.8 Å². The molecule has 2 heterocycles. The number of aryl methyl sites for hydroxylation is 2. The first-order valence-electron chi connectivity index (χ1n) is 6.29. The minimum absolute atomic E-state index is 0.322. The number of hydrogen-bond acceptors (Lipinski definition) is 3. The number of aromatic nitrogens is 4. The van der Waals surface area contributed by atoms with Crippen LogP contribution in [0.1, 0.15) is 29.9 Å². The minimum Gasteiger partial charge on any atom is -0.336 e. The van der Waals surface area contributed by atoms with Crippen LogP contribution in [-0.4, -0.2) is 25.9 Å². The van der Waals surface area contributed by atoms with Gasteiger partial charge < -0.3 is 9.88 Å². The van der Waals surface area contributed by atoms with E-state index in [0.29, 0.717) is 6.04 Å². The highest BCUT2D eigenvalue weighted by Crippen LogP contribution is 2.20. The lowest BCUT2D eigenvalue weighted by Crippen LogP contribution is -2.23. The van der Waals surface area contributed by atoms with E-state index in [9.17, 15) is 0 Å². The zero-order valence-corrected chi connectivity index (χ0v) is 11.5. The van der Waals surface area contributed by atoms with Crippen molar-refractivity contribution in [3.8, 4) is 0 Å². The van der Waals surface area contributed by atoms with Crippen molar-refractivity contribution in [1.82, 2.24) is 24.6 Å². The number of nitrogens with zero attached hydrogens (tertiary/aromatic N) is 4. The fraction of sp³-hybridized carbons (Fsp3) is 0.538. The summed E-state index contributed by atoms with van der Waals surface area (Å²) in [5.74, 6) is 0. The highest BCUT2D eigenvalue weighted by Gasteiger charge is 2.15. The van der Waals surface area contributed by atoms with Crippen molar-refractivity contribution in [3.05, 3.63) is 35.7 Å². The Kier molecular flexibility index (Phi) is 3.81. The topological polar surface area (TPSA) is 47.7 Å². The van der Waals surface area contributed by atoms with E-state index in [1.807, 2.05) is 24.3 Å². The van der Waals surface area contributed by atoms with Crippen molar-refractivity contribution >= 4 is 0 Å². The summed E-state index contributed by atoms with van der Waals surface area (Å²) in [7, 11) is 1.99. The van der Waals surface area contributed by atoms with Crippen molar-refractivity contribution < 1.29 is 0 Å². The molecule has 0 aliphatic heterocycles. The average molecular weight is 247 g/mol. The third-order valence-electron chi connectivity index (χ3n) is 3.38. The van der Waals surface area contributed by atoms with E-state index >= 15 is 0 Å². The second-order valence-electron chi connectivity index (χ2n) is 4.68. The number of imidazole rings is 1. The quantitative estimate of drug-likeness (QED) is 0.872. The van der Waals surface area contributed by atoms with Gasteiger partial charge in [0.2, 0.25) is 0 Å². The fourth-order valence-electron chi connectivity index (χ4n) is 2.35. The SMILES string of the molecule is Cc1nn(C)c(C)c1C(C)NCCn1ccnc1. The molecule has 1 unspecified atom stereocenters. The summed E-state index contributed by atoms with van der Waals surface area (Å²) < 4.78 is 4.02. The molecule has 0 spiro atoms. The number of hydrogen-bond donors (Lipinski definition) is 1. The first kappa shape index (κ1) is 12.8. The molecule has 0 aliphatic carbocycles. The number of rotatable bonds is 5. The van der Waals surface area contributed by atoms with E-state index in [1.54, 1.807) is 6.20 Å². The molecule has 0 saturated heterocycles. The average Bonchev–Trinajstić information content (AvgIpc) is 2.89. The molecule has 0 saturated carbocycles. The van der Waals surface area contributed by atoms with E-state index < -0.39 is 0 Å². The third-order valence-corrected chi connectivity index (χ3v) is 3.38. The van der Waals surface area contributed by atoms with Crippen LogP contribution in [0, 0.1) is 13.8 Å². The van der Waals surface area contributed by atoms with Crippen LogP contribution in [-0.2, 0) is 13.6 Å². The Labute approximate surface area is 108 Å². The van der Waals surface area contributed by atoms with Gasteiger partial charge in [-0.3, -0.25) is 4.68 Å². The maximum Gasteiger partial charge on any atom is 0.0946 e. The van der Waals surface area contributed by atoms with Crippen LogP contribution in [0.2, 0.25) is 0 Å². The smallest absolute Gasteiger partial charge is 0.0946 e. The molecule has 0 aromatic carbocycles. The maximum absolute atomic E-state index is 4.45. The predicted octanol–water partition coefficient (Wildman–Crippen LogP) is 1.58. The molecule has 0 radical (unpaired) electrons. The van der Waals surface area contributed by atoms with Crippen LogP contribution >= 0.6 is 0 Å². The summed E-state index contributed by atoms with van der Waals surface area (Å²) in [6.07, 6.45) is 5.62. The Bertz CT molecular complexity index is 498. The van der Waals surface area contributed by atoms with Crippen molar-refractivity contribution in [2.24, 2.45) is 7.05 Å². The van der Waals surface area contributed by atoms with Gasteiger partial charge in [-0.2, -0.15) is 5.10 Å². The molecule has 5 nitrogen and oxygen atoms in total. The Morgan fingerprint density at radius 1 is 1.39 bits per heavy atom. The first-order chi connectivity index (χ1) is 8.59. The molecule has 0 aliphatic rings. The summed E-state index contributed by atoms with van der Waals surface area (Å²) in [5.41, 5.74) is 3.65. The molecule has 5 heteroatoms. The molecule has 2 aromatic rings. The van der Waals surface area contributed by atoms with E-state index in [-0.39, 0.29) is 0 Å². The molecule has 0 amide bonds. The van der Waals surface area contributed by atoms with Gasteiger partial charge in [0.25, 0.3) is 0 Å². The zero-order chi connectivity index (χ0) is 13.1. The molecule has 1 N–H and O–H groups in total. The standard InChI is InChI=1S/C13H21N5/c1-10(13-11(2)16-17(4)12(13)3)15-6-8-18-7-5-14-9-18/h5,7,9-10,15H,6,8H2,1-4H3. The van der Waals surface area contributed by atoms with Crippen molar-refractivity contribution in [2.45, 2.75) is 33.4 Å². The van der Waals surface area contributed by atoms with Crippen LogP contribution in [0.3, 0.4) is 0 Å². The summed E-state index contributed by atoms with van der Waals surface area (Å²) >= 11 is 0. The van der Waals surface area contributed by atoms with Crippen molar-refractivity contribution in [2.75, 3.05) is 6.54 Å². The molecule has 2 aromatic heterocycles. The second-order valence-corrected chi connectivity index (χ2v) is 4.68. The van der Waals surface area contributed by atoms with Gasteiger partial charge in [0, 0.05) is 49.8 Å². The van der Waals surface area contributed by atoms with Crippen LogP contribution in [0.15, 0.2) is 18.7 Å². The predicted molar refractivity (Wildman–Crippen MR) is 71.3 cm³/mol. The monoisotopic (exact) mass is 247 g/mol. The van der Waals surface area contributed by atoms with Crippen LogP contribution in [0.5, 0.6) is 0 Å². The summed E-state index contributed by atoms with van der Waals surface area (Å²) in [5, 5.41) is 7.98. The van der Waals surface area contributed by atoms with Gasteiger partial charge >= 0.3 is 0 Å². The molecular formula is C13H21N5. The number of nitrogens with one attached hydrogen (secondary N) is 1. The molecule has 2 rings (SSSR count). The second kappa shape index (κ2) is 5.35. The van der Waals surface area contributed by atoms with Gasteiger partial charge in [0.05, 0.1) is 12.0 Å². The molecule has 18 heavy (non-hydrogen) atoms. The van der Waals surface area contributed by atoms with E-state index in [4.69, 9.17) is 0 Å². The van der Waals surface area contributed by atoms with Gasteiger partial charge in [-0.15, -0.1) is 0 Å². The Balaban J connectivity index is 1.93. The molecule has 1 atom stereocenters. The fourth-order valence-corrected chi connectivity index (χ4v) is 2.35. The Morgan fingerprint density at radius 3 is 2.72 bits per heavy atom. The molecular weight excluding hydrogens is 226 g/mol. The normalized spacial score (nSPS) is 12.9. The first-order valence-corrected chi connectivity index (χ1v) is 6.29. The lowest BCUT2D eigenvalue weighted by Gasteiger charge is -2.15. The lowest BCUT2D eigenvalue weighted by molar-refractivity contribution is 0.527. The van der Waals surface area contributed by atoms with E-state index in [0.717, 1.165) is 18.8 Å². The van der Waals surface area contributed by atoms with Crippen LogP contribution < -0.4 is 5.32 Å². The van der Waals surface area contributed by atoms with Crippen LogP contribution in [0.4, 0.5) is 0 Å². The summed E-state index contributed by atoms with van der Waals surface area (Å²) in [6.45, 7) is 8.22.